The van der Waals surface area contributed by atoms with E-state index in [1.807, 2.05) is 25.1 Å². The number of nitrogens with zero attached hydrogens (tertiary/aromatic N) is 1. The summed E-state index contributed by atoms with van der Waals surface area (Å²) in [7, 11) is 0. The number of rotatable bonds is 7. The molecule has 6 nitrogen and oxygen atoms in total. The second kappa shape index (κ2) is 12.1. The third-order valence-electron chi connectivity index (χ3n) is 5.23. The molecule has 8 heteroatoms. The van der Waals surface area contributed by atoms with Crippen LogP contribution in [-0.2, 0) is 9.59 Å². The number of benzene rings is 1. The molecule has 28 heavy (non-hydrogen) atoms. The molecule has 0 bridgehead atoms. The predicted octanol–water partition coefficient (Wildman–Crippen LogP) is 2.96. The van der Waals surface area contributed by atoms with Crippen LogP contribution in [0.5, 0.6) is 0 Å². The van der Waals surface area contributed by atoms with Gasteiger partial charge in [0.15, 0.2) is 0 Å². The summed E-state index contributed by atoms with van der Waals surface area (Å²) in [6.45, 7) is 5.73. The summed E-state index contributed by atoms with van der Waals surface area (Å²) in [4.78, 5) is 27.4. The Morgan fingerprint density at radius 2 is 2.00 bits per heavy atom. The minimum atomic E-state index is -0.483. The molecule has 0 radical (unpaired) electrons. The summed E-state index contributed by atoms with van der Waals surface area (Å²) in [6, 6.07) is 7.50. The van der Waals surface area contributed by atoms with Gasteiger partial charge in [0.25, 0.3) is 0 Å². The maximum atomic E-state index is 12.7. The molecule has 0 aliphatic carbocycles. The molecule has 1 aromatic rings. The molecule has 3 rings (SSSR count). The Balaban J connectivity index is 0.00000196. The van der Waals surface area contributed by atoms with Gasteiger partial charge in [-0.25, -0.2) is 0 Å². The molecule has 158 valence electrons. The van der Waals surface area contributed by atoms with Crippen molar-refractivity contribution in [2.45, 2.75) is 45.1 Å². The second-order valence-electron chi connectivity index (χ2n) is 7.27. The van der Waals surface area contributed by atoms with Gasteiger partial charge in [0.05, 0.1) is 5.92 Å². The Kier molecular flexibility index (Phi) is 10.6. The zero-order chi connectivity index (χ0) is 18.4. The van der Waals surface area contributed by atoms with Gasteiger partial charge in [0.1, 0.15) is 6.04 Å². The molecule has 2 aliphatic rings. The van der Waals surface area contributed by atoms with Crippen LogP contribution in [0.15, 0.2) is 24.3 Å². The Morgan fingerprint density at radius 3 is 2.64 bits per heavy atom. The molecule has 0 aromatic heterocycles. The van der Waals surface area contributed by atoms with E-state index in [0.29, 0.717) is 13.0 Å². The van der Waals surface area contributed by atoms with Crippen LogP contribution >= 0.6 is 24.8 Å². The molecule has 2 aliphatic heterocycles. The van der Waals surface area contributed by atoms with Gasteiger partial charge in [-0.2, -0.15) is 0 Å². The van der Waals surface area contributed by atoms with E-state index in [2.05, 4.69) is 26.9 Å². The minimum Gasteiger partial charge on any atom is -0.371 e. The molecule has 2 atom stereocenters. The molecule has 1 aromatic carbocycles. The molecule has 2 amide bonds. The van der Waals surface area contributed by atoms with Crippen molar-refractivity contribution in [1.82, 2.24) is 10.6 Å². The van der Waals surface area contributed by atoms with Crippen LogP contribution in [0, 0.1) is 5.92 Å². The van der Waals surface area contributed by atoms with Crippen LogP contribution in [0.3, 0.4) is 0 Å². The topological polar surface area (TPSA) is 73.5 Å². The summed E-state index contributed by atoms with van der Waals surface area (Å²) in [5.74, 6) is -0.181. The van der Waals surface area contributed by atoms with E-state index < -0.39 is 6.04 Å². The second-order valence-corrected chi connectivity index (χ2v) is 7.27. The van der Waals surface area contributed by atoms with Crippen molar-refractivity contribution in [3.05, 3.63) is 24.3 Å². The van der Waals surface area contributed by atoms with E-state index in [0.717, 1.165) is 43.9 Å². The number of hydrogen-bond acceptors (Lipinski definition) is 4. The lowest BCUT2D eigenvalue weighted by Gasteiger charge is -2.21. The van der Waals surface area contributed by atoms with Gasteiger partial charge in [-0.15, -0.1) is 24.8 Å². The van der Waals surface area contributed by atoms with Crippen LogP contribution in [0.4, 0.5) is 11.4 Å². The quantitative estimate of drug-likeness (QED) is 0.621. The maximum Gasteiger partial charge on any atom is 0.246 e. The Morgan fingerprint density at radius 1 is 1.25 bits per heavy atom. The van der Waals surface area contributed by atoms with E-state index in [4.69, 9.17) is 0 Å². The number of amides is 2. The highest BCUT2D eigenvalue weighted by Gasteiger charge is 2.27. The smallest absolute Gasteiger partial charge is 0.246 e. The number of carbonyl (C=O) groups excluding carboxylic acids is 2. The fourth-order valence-corrected chi connectivity index (χ4v) is 3.71. The van der Waals surface area contributed by atoms with Crippen LogP contribution < -0.4 is 20.9 Å². The zero-order valence-electron chi connectivity index (χ0n) is 16.4. The normalized spacial score (nSPS) is 19.3. The fourth-order valence-electron chi connectivity index (χ4n) is 3.71. The number of anilines is 2. The van der Waals surface area contributed by atoms with Crippen LogP contribution in [0.1, 0.15) is 39.0 Å². The highest BCUT2D eigenvalue weighted by molar-refractivity contribution is 5.97. The summed E-state index contributed by atoms with van der Waals surface area (Å²) < 4.78 is 0. The number of nitrogens with one attached hydrogen (secondary N) is 3. The standard InChI is InChI=1S/C20H30N4O2.2ClH/c1-2-6-18(23-19(25)15-9-10-21-14-15)20(26)22-16-7-5-8-17(13-16)24-11-3-4-12-24;;/h5,7-8,13,15,18,21H,2-4,6,9-12,14H2,1H3,(H,22,26)(H,23,25);2*1H. The van der Waals surface area contributed by atoms with Crippen molar-refractivity contribution in [3.63, 3.8) is 0 Å². The average Bonchev–Trinajstić information content (AvgIpc) is 3.35. The van der Waals surface area contributed by atoms with Gasteiger partial charge in [0, 0.05) is 31.0 Å². The molecule has 2 unspecified atom stereocenters. The van der Waals surface area contributed by atoms with Gasteiger partial charge in [-0.3, -0.25) is 9.59 Å². The van der Waals surface area contributed by atoms with E-state index >= 15 is 0 Å². The molecule has 3 N–H and O–H groups in total. The van der Waals surface area contributed by atoms with Gasteiger partial charge < -0.3 is 20.9 Å². The predicted molar refractivity (Wildman–Crippen MR) is 119 cm³/mol. The van der Waals surface area contributed by atoms with Crippen molar-refractivity contribution >= 4 is 48.0 Å². The largest absolute Gasteiger partial charge is 0.371 e. The van der Waals surface area contributed by atoms with E-state index in [9.17, 15) is 9.59 Å². The Labute approximate surface area is 180 Å². The number of halogens is 2. The van der Waals surface area contributed by atoms with E-state index in [1.54, 1.807) is 0 Å². The Hall–Kier alpha value is -1.50. The highest BCUT2D eigenvalue weighted by atomic mass is 35.5. The van der Waals surface area contributed by atoms with Gasteiger partial charge >= 0.3 is 0 Å². The monoisotopic (exact) mass is 430 g/mol. The molecule has 0 spiro atoms. The van der Waals surface area contributed by atoms with Crippen molar-refractivity contribution in [2.75, 3.05) is 36.4 Å². The highest BCUT2D eigenvalue weighted by Crippen LogP contribution is 2.23. The molecule has 2 heterocycles. The number of carbonyl (C=O) groups is 2. The summed E-state index contributed by atoms with van der Waals surface area (Å²) in [5, 5.41) is 9.13. The van der Waals surface area contributed by atoms with E-state index in [1.165, 1.54) is 12.8 Å². The van der Waals surface area contributed by atoms with Gasteiger partial charge in [-0.05, 0) is 50.4 Å². The molecular weight excluding hydrogens is 399 g/mol. The minimum absolute atomic E-state index is 0. The molecular formula is C20H32Cl2N4O2. The van der Waals surface area contributed by atoms with Crippen molar-refractivity contribution in [1.29, 1.82) is 0 Å². The lowest BCUT2D eigenvalue weighted by Crippen LogP contribution is -2.46. The SMILES string of the molecule is CCCC(NC(=O)C1CCNC1)C(=O)Nc1cccc(N2CCCC2)c1.Cl.Cl. The molecule has 2 saturated heterocycles. The molecule has 0 saturated carbocycles. The maximum absolute atomic E-state index is 12.7. The first-order valence-electron chi connectivity index (χ1n) is 9.84. The van der Waals surface area contributed by atoms with E-state index in [-0.39, 0.29) is 42.5 Å². The first kappa shape index (κ1) is 24.5. The summed E-state index contributed by atoms with van der Waals surface area (Å²) in [5.41, 5.74) is 1.94. The average molecular weight is 431 g/mol. The third kappa shape index (κ3) is 6.54. The zero-order valence-corrected chi connectivity index (χ0v) is 18.0. The molecule has 2 fully saturated rings. The van der Waals surface area contributed by atoms with Crippen LogP contribution in [0.25, 0.3) is 0 Å². The van der Waals surface area contributed by atoms with Gasteiger partial charge in [0.2, 0.25) is 11.8 Å². The van der Waals surface area contributed by atoms with Crippen molar-refractivity contribution in [2.24, 2.45) is 5.92 Å². The van der Waals surface area contributed by atoms with Crippen LogP contribution in [0.2, 0.25) is 0 Å². The summed E-state index contributed by atoms with van der Waals surface area (Å²) >= 11 is 0. The van der Waals surface area contributed by atoms with Crippen molar-refractivity contribution in [3.8, 4) is 0 Å². The summed E-state index contributed by atoms with van der Waals surface area (Å²) in [6.07, 6.45) is 4.76. The lowest BCUT2D eigenvalue weighted by molar-refractivity contribution is -0.129. The van der Waals surface area contributed by atoms with Crippen LogP contribution in [-0.4, -0.2) is 44.0 Å². The van der Waals surface area contributed by atoms with Gasteiger partial charge in [-0.1, -0.05) is 19.4 Å². The first-order valence-corrected chi connectivity index (χ1v) is 9.84. The third-order valence-corrected chi connectivity index (χ3v) is 5.23. The number of hydrogen-bond donors (Lipinski definition) is 3. The lowest BCUT2D eigenvalue weighted by atomic mass is 10.1. The van der Waals surface area contributed by atoms with Crippen molar-refractivity contribution < 1.29 is 9.59 Å². The Bertz CT molecular complexity index is 632. The fraction of sp³-hybridized carbons (Fsp3) is 0.600. The first-order chi connectivity index (χ1) is 12.7.